The fourth-order valence-corrected chi connectivity index (χ4v) is 3.74. The normalized spacial score (nSPS) is 26.8. The molecule has 1 aromatic rings. The third kappa shape index (κ3) is 3.18. The largest absolute Gasteiger partial charge is 0.444 e. The number of aromatic nitrogens is 2. The Balaban J connectivity index is 1.63. The molecule has 7 heteroatoms. The highest BCUT2D eigenvalue weighted by atomic mass is 35.5. The molecule has 2 aliphatic rings. The van der Waals surface area contributed by atoms with Crippen LogP contribution in [-0.2, 0) is 4.74 Å². The van der Waals surface area contributed by atoms with Crippen molar-refractivity contribution in [1.29, 1.82) is 0 Å². The minimum absolute atomic E-state index is 0.219. The lowest BCUT2D eigenvalue weighted by Crippen LogP contribution is -2.36. The zero-order valence-corrected chi connectivity index (χ0v) is 14.7. The number of hydrogen-bond donors (Lipinski definition) is 0. The first kappa shape index (κ1) is 15.9. The molecule has 1 saturated heterocycles. The van der Waals surface area contributed by atoms with Gasteiger partial charge >= 0.3 is 6.09 Å². The van der Waals surface area contributed by atoms with E-state index in [0.29, 0.717) is 28.1 Å². The number of fused-ring (bicyclic) bond motifs is 1. The molecule has 0 bridgehead atoms. The van der Waals surface area contributed by atoms with Gasteiger partial charge in [0.05, 0.1) is 5.69 Å². The number of ether oxygens (including phenoxy) is 1. The van der Waals surface area contributed by atoms with Crippen LogP contribution in [0, 0.1) is 11.8 Å². The zero-order chi connectivity index (χ0) is 16.1. The number of carbonyl (C=O) groups is 1. The van der Waals surface area contributed by atoms with Gasteiger partial charge in [0.15, 0.2) is 5.16 Å². The molecule has 0 radical (unpaired) electrons. The average Bonchev–Trinajstić information content (AvgIpc) is 2.90. The van der Waals surface area contributed by atoms with E-state index in [0.717, 1.165) is 18.8 Å². The maximum absolute atomic E-state index is 12.1. The van der Waals surface area contributed by atoms with Gasteiger partial charge in [0.25, 0.3) is 0 Å². The Labute approximate surface area is 139 Å². The Morgan fingerprint density at radius 3 is 2.55 bits per heavy atom. The van der Waals surface area contributed by atoms with Gasteiger partial charge in [-0.1, -0.05) is 23.4 Å². The molecule has 2 heterocycles. The van der Waals surface area contributed by atoms with Gasteiger partial charge in [-0.15, -0.1) is 0 Å². The van der Waals surface area contributed by atoms with E-state index < -0.39 is 5.60 Å². The van der Waals surface area contributed by atoms with E-state index in [1.165, 1.54) is 11.8 Å². The summed E-state index contributed by atoms with van der Waals surface area (Å²) < 4.78 is 5.42. The number of halogens is 1. The molecule has 1 saturated carbocycles. The summed E-state index contributed by atoms with van der Waals surface area (Å²) in [6, 6.07) is 1.85. The van der Waals surface area contributed by atoms with E-state index >= 15 is 0 Å². The Morgan fingerprint density at radius 2 is 2.00 bits per heavy atom. The number of nitrogens with zero attached hydrogens (tertiary/aromatic N) is 3. The molecule has 0 spiro atoms. The second-order valence-electron chi connectivity index (χ2n) is 6.84. The Kier molecular flexibility index (Phi) is 4.01. The van der Waals surface area contributed by atoms with Crippen LogP contribution in [0.1, 0.15) is 32.4 Å². The van der Waals surface area contributed by atoms with Crippen molar-refractivity contribution in [2.75, 3.05) is 19.3 Å². The highest BCUT2D eigenvalue weighted by molar-refractivity contribution is 7.98. The molecule has 1 aromatic heterocycles. The molecular weight excluding hydrogens is 322 g/mol. The number of carbonyl (C=O) groups excluding carboxylic acids is 1. The van der Waals surface area contributed by atoms with Crippen LogP contribution in [0.25, 0.3) is 0 Å². The molecule has 0 N–H and O–H groups in total. The number of piperidine rings is 1. The number of amides is 1. The predicted molar refractivity (Wildman–Crippen MR) is 86.4 cm³/mol. The SMILES string of the molecule is CSc1nc(Cl)cc(C2C3CN(C(=O)OC(C)(C)C)C[C@@H]32)n1. The van der Waals surface area contributed by atoms with Crippen LogP contribution >= 0.6 is 23.4 Å². The van der Waals surface area contributed by atoms with Gasteiger partial charge in [0.1, 0.15) is 10.8 Å². The molecule has 1 aliphatic carbocycles. The smallest absolute Gasteiger partial charge is 0.410 e. The third-order valence-corrected chi connectivity index (χ3v) is 4.81. The number of likely N-dealkylation sites (tertiary alicyclic amines) is 1. The minimum Gasteiger partial charge on any atom is -0.444 e. The first-order valence-corrected chi connectivity index (χ1v) is 8.95. The lowest BCUT2D eigenvalue weighted by Gasteiger charge is -2.25. The molecule has 3 rings (SSSR count). The minimum atomic E-state index is -0.448. The quantitative estimate of drug-likeness (QED) is 0.468. The maximum atomic E-state index is 12.1. The van der Waals surface area contributed by atoms with Crippen molar-refractivity contribution in [2.24, 2.45) is 11.8 Å². The van der Waals surface area contributed by atoms with Crippen molar-refractivity contribution in [3.63, 3.8) is 0 Å². The summed E-state index contributed by atoms with van der Waals surface area (Å²) in [7, 11) is 0. The monoisotopic (exact) mass is 341 g/mol. The van der Waals surface area contributed by atoms with Crippen molar-refractivity contribution in [3.05, 3.63) is 16.9 Å². The van der Waals surface area contributed by atoms with Gasteiger partial charge in [0, 0.05) is 19.0 Å². The lowest BCUT2D eigenvalue weighted by molar-refractivity contribution is 0.0270. The van der Waals surface area contributed by atoms with E-state index in [1.54, 1.807) is 4.90 Å². The number of thioether (sulfide) groups is 1. The highest BCUT2D eigenvalue weighted by Gasteiger charge is 2.58. The summed E-state index contributed by atoms with van der Waals surface area (Å²) in [4.78, 5) is 22.6. The van der Waals surface area contributed by atoms with Crippen LogP contribution in [0.2, 0.25) is 5.15 Å². The summed E-state index contributed by atoms with van der Waals surface area (Å²) in [6.45, 7) is 7.13. The van der Waals surface area contributed by atoms with Gasteiger partial charge in [-0.2, -0.15) is 0 Å². The first-order valence-electron chi connectivity index (χ1n) is 7.35. The Morgan fingerprint density at radius 1 is 1.36 bits per heavy atom. The highest BCUT2D eigenvalue weighted by Crippen LogP contribution is 2.58. The van der Waals surface area contributed by atoms with Gasteiger partial charge in [-0.05, 0) is 44.9 Å². The molecule has 2 unspecified atom stereocenters. The standard InChI is InChI=1S/C15H20ClN3O2S/c1-15(2,3)21-14(20)19-6-8-9(7-19)12(8)10-5-11(16)18-13(17-10)22-4/h5,8-9,12H,6-7H2,1-4H3/t8-,9?,12?/m0/s1. The molecule has 3 atom stereocenters. The lowest BCUT2D eigenvalue weighted by atomic mass is 10.2. The summed E-state index contributed by atoms with van der Waals surface area (Å²) >= 11 is 7.55. The molecule has 22 heavy (non-hydrogen) atoms. The molecule has 5 nitrogen and oxygen atoms in total. The fourth-order valence-electron chi connectivity index (χ4n) is 3.12. The zero-order valence-electron chi connectivity index (χ0n) is 13.2. The molecule has 2 fully saturated rings. The van der Waals surface area contributed by atoms with Crippen LogP contribution in [0.4, 0.5) is 4.79 Å². The second-order valence-corrected chi connectivity index (χ2v) is 8.00. The molecule has 120 valence electrons. The van der Waals surface area contributed by atoms with Crippen molar-refractivity contribution in [3.8, 4) is 0 Å². The fraction of sp³-hybridized carbons (Fsp3) is 0.667. The summed E-state index contributed by atoms with van der Waals surface area (Å²) in [6.07, 6.45) is 1.72. The van der Waals surface area contributed by atoms with E-state index in [4.69, 9.17) is 16.3 Å². The summed E-state index contributed by atoms with van der Waals surface area (Å²) in [5.74, 6) is 1.33. The van der Waals surface area contributed by atoms with Crippen LogP contribution in [-0.4, -0.2) is 45.9 Å². The Hall–Kier alpha value is -1.01. The summed E-state index contributed by atoms with van der Waals surface area (Å²) in [5.41, 5.74) is 0.555. The van der Waals surface area contributed by atoms with Crippen LogP contribution in [0.5, 0.6) is 0 Å². The van der Waals surface area contributed by atoms with Gasteiger partial charge in [-0.25, -0.2) is 14.8 Å². The van der Waals surface area contributed by atoms with Crippen molar-refractivity contribution in [2.45, 2.75) is 37.4 Å². The van der Waals surface area contributed by atoms with Crippen molar-refractivity contribution in [1.82, 2.24) is 14.9 Å². The van der Waals surface area contributed by atoms with Crippen LogP contribution < -0.4 is 0 Å². The van der Waals surface area contributed by atoms with Gasteiger partial charge < -0.3 is 9.64 Å². The van der Waals surface area contributed by atoms with Gasteiger partial charge in [-0.3, -0.25) is 0 Å². The first-order chi connectivity index (χ1) is 10.3. The van der Waals surface area contributed by atoms with Gasteiger partial charge in [0.2, 0.25) is 0 Å². The molecule has 1 aliphatic heterocycles. The predicted octanol–water partition coefficient (Wildman–Crippen LogP) is 3.43. The third-order valence-electron chi connectivity index (χ3n) is 4.06. The van der Waals surface area contributed by atoms with E-state index in [9.17, 15) is 4.79 Å². The average molecular weight is 342 g/mol. The second kappa shape index (κ2) is 5.57. The maximum Gasteiger partial charge on any atom is 0.410 e. The van der Waals surface area contributed by atoms with Crippen LogP contribution in [0.3, 0.4) is 0 Å². The van der Waals surface area contributed by atoms with E-state index in [1.807, 2.05) is 33.1 Å². The van der Waals surface area contributed by atoms with Crippen LogP contribution in [0.15, 0.2) is 11.2 Å². The molecule has 1 amide bonds. The number of hydrogen-bond acceptors (Lipinski definition) is 5. The van der Waals surface area contributed by atoms with Crippen molar-refractivity contribution < 1.29 is 9.53 Å². The van der Waals surface area contributed by atoms with E-state index in [-0.39, 0.29) is 6.09 Å². The van der Waals surface area contributed by atoms with E-state index in [2.05, 4.69) is 9.97 Å². The topological polar surface area (TPSA) is 55.3 Å². The summed E-state index contributed by atoms with van der Waals surface area (Å²) in [5, 5.41) is 1.19. The Bertz CT molecular complexity index is 593. The van der Waals surface area contributed by atoms with Crippen molar-refractivity contribution >= 4 is 29.5 Å². The number of rotatable bonds is 2. The molecule has 0 aromatic carbocycles. The molecular formula is C15H20ClN3O2S.